The van der Waals surface area contributed by atoms with E-state index >= 15 is 0 Å². The van der Waals surface area contributed by atoms with Crippen LogP contribution in [0.15, 0.2) is 24.3 Å². The van der Waals surface area contributed by atoms with Crippen LogP contribution in [0.2, 0.25) is 0 Å². The summed E-state index contributed by atoms with van der Waals surface area (Å²) in [5.74, 6) is 0.543. The molecule has 3 aliphatic rings. The van der Waals surface area contributed by atoms with Gasteiger partial charge in [0, 0.05) is 12.5 Å². The number of methoxy groups -OCH3 is 1. The summed E-state index contributed by atoms with van der Waals surface area (Å²) in [5.41, 5.74) is -0.805. The Bertz CT molecular complexity index is 907. The smallest absolute Gasteiger partial charge is 0.240 e. The second-order valence-corrected chi connectivity index (χ2v) is 11.8. The lowest BCUT2D eigenvalue weighted by Gasteiger charge is -2.45. The number of aliphatic hydroxyl groups is 4. The van der Waals surface area contributed by atoms with Crippen molar-refractivity contribution in [3.05, 3.63) is 29.8 Å². The fourth-order valence-electron chi connectivity index (χ4n) is 5.92. The van der Waals surface area contributed by atoms with Crippen molar-refractivity contribution in [2.75, 3.05) is 19.9 Å². The minimum atomic E-state index is -1.44. The van der Waals surface area contributed by atoms with Crippen LogP contribution in [0.5, 0.6) is 5.75 Å². The van der Waals surface area contributed by atoms with Crippen molar-refractivity contribution >= 4 is 29.3 Å². The van der Waals surface area contributed by atoms with Gasteiger partial charge in [-0.1, -0.05) is 12.1 Å². The van der Waals surface area contributed by atoms with Gasteiger partial charge in [0.1, 0.15) is 41.6 Å². The molecule has 202 valence electrons. The molecule has 2 saturated heterocycles. The highest BCUT2D eigenvalue weighted by Crippen LogP contribution is 2.46. The molecule has 9 nitrogen and oxygen atoms in total. The molecule has 1 aromatic carbocycles. The van der Waals surface area contributed by atoms with Crippen LogP contribution in [0.4, 0.5) is 0 Å². The quantitative estimate of drug-likeness (QED) is 0.272. The number of alkyl halides is 1. The van der Waals surface area contributed by atoms with Gasteiger partial charge in [0.15, 0.2) is 0 Å². The van der Waals surface area contributed by atoms with Crippen LogP contribution in [0.25, 0.3) is 0 Å². The summed E-state index contributed by atoms with van der Waals surface area (Å²) in [4.78, 5) is 13.4. The number of ether oxygens (including phenoxy) is 2. The second kappa shape index (κ2) is 11.3. The maximum Gasteiger partial charge on any atom is 0.240 e. The Morgan fingerprint density at radius 2 is 1.94 bits per heavy atom. The van der Waals surface area contributed by atoms with Gasteiger partial charge in [0.05, 0.1) is 24.1 Å². The van der Waals surface area contributed by atoms with Gasteiger partial charge in [0.25, 0.3) is 0 Å². The molecule has 1 aromatic rings. The maximum absolute atomic E-state index is 13.4. The Morgan fingerprint density at radius 3 is 2.56 bits per heavy atom. The lowest BCUT2D eigenvalue weighted by Crippen LogP contribution is -2.66. The first-order valence-electron chi connectivity index (χ1n) is 12.4. The number of carbonyl (C=O) groups excluding carboxylic acids is 1. The van der Waals surface area contributed by atoms with E-state index in [0.29, 0.717) is 13.0 Å². The number of benzene rings is 1. The lowest BCUT2D eigenvalue weighted by atomic mass is 9.68. The first-order valence-corrected chi connectivity index (χ1v) is 14.1. The first kappa shape index (κ1) is 27.9. The molecule has 3 fully saturated rings. The topological polar surface area (TPSA) is 141 Å². The van der Waals surface area contributed by atoms with Crippen molar-refractivity contribution in [3.8, 4) is 5.75 Å². The van der Waals surface area contributed by atoms with E-state index in [2.05, 4.69) is 22.8 Å². The van der Waals surface area contributed by atoms with Crippen molar-refractivity contribution in [3.63, 3.8) is 0 Å². The molecule has 2 aliphatic heterocycles. The number of amides is 1. The summed E-state index contributed by atoms with van der Waals surface area (Å²) in [5, 5.41) is 48.1. The molecule has 1 saturated carbocycles. The molecule has 1 amide bonds. The molecule has 11 unspecified atom stereocenters. The molecule has 0 aromatic heterocycles. The van der Waals surface area contributed by atoms with Crippen LogP contribution in [0.1, 0.15) is 37.7 Å². The molecule has 0 radical (unpaired) electrons. The summed E-state index contributed by atoms with van der Waals surface area (Å²) in [6, 6.07) is 6.28. The number of aliphatic hydroxyl groups excluding tert-OH is 3. The van der Waals surface area contributed by atoms with E-state index in [9.17, 15) is 25.2 Å². The van der Waals surface area contributed by atoms with Crippen molar-refractivity contribution in [1.82, 2.24) is 10.6 Å². The van der Waals surface area contributed by atoms with E-state index in [4.69, 9.17) is 21.1 Å². The maximum atomic E-state index is 13.4. The van der Waals surface area contributed by atoms with E-state index in [-0.39, 0.29) is 11.8 Å². The van der Waals surface area contributed by atoms with E-state index in [0.717, 1.165) is 18.6 Å². The zero-order chi connectivity index (χ0) is 26.2. The predicted octanol–water partition coefficient (Wildman–Crippen LogP) is 0.565. The molecule has 36 heavy (non-hydrogen) atoms. The number of carbonyl (C=O) groups is 1. The number of thioether (sulfide) groups is 1. The van der Waals surface area contributed by atoms with Gasteiger partial charge in [-0.05, 0) is 56.1 Å². The predicted molar refractivity (Wildman–Crippen MR) is 137 cm³/mol. The number of hydrogen-bond donors (Lipinski definition) is 6. The second-order valence-electron chi connectivity index (χ2n) is 10.2. The van der Waals surface area contributed by atoms with Crippen LogP contribution in [0, 0.1) is 5.92 Å². The van der Waals surface area contributed by atoms with Crippen molar-refractivity contribution in [1.29, 1.82) is 0 Å². The molecule has 11 heteroatoms. The average Bonchev–Trinajstić information content (AvgIpc) is 3.22. The zero-order valence-corrected chi connectivity index (χ0v) is 22.3. The normalized spacial score (nSPS) is 40.2. The van der Waals surface area contributed by atoms with E-state index in [1.807, 2.05) is 12.1 Å². The van der Waals surface area contributed by atoms with Gasteiger partial charge >= 0.3 is 0 Å². The SMILES string of the molecule is COc1ccc(C2CCC3(O)C(CNC3C(=O)NC(C(C)Cl)C3OC(SC)C(O)C(O)C3O)C2)cc1. The Labute approximate surface area is 220 Å². The van der Waals surface area contributed by atoms with Gasteiger partial charge in [-0.2, -0.15) is 0 Å². The van der Waals surface area contributed by atoms with Gasteiger partial charge in [-0.25, -0.2) is 0 Å². The molecule has 0 bridgehead atoms. The van der Waals surface area contributed by atoms with E-state index < -0.39 is 58.8 Å². The number of nitrogens with one attached hydrogen (secondary N) is 2. The van der Waals surface area contributed by atoms with Crippen LogP contribution in [-0.2, 0) is 9.53 Å². The minimum absolute atomic E-state index is 0.102. The first-order chi connectivity index (χ1) is 17.1. The Morgan fingerprint density at radius 1 is 1.25 bits per heavy atom. The fourth-order valence-corrected chi connectivity index (χ4v) is 6.81. The third-order valence-corrected chi connectivity index (χ3v) is 9.21. The third kappa shape index (κ3) is 5.24. The Kier molecular flexibility index (Phi) is 8.78. The highest BCUT2D eigenvalue weighted by Gasteiger charge is 2.55. The van der Waals surface area contributed by atoms with E-state index in [1.165, 1.54) is 17.3 Å². The fraction of sp³-hybridized carbons (Fsp3) is 0.720. The van der Waals surface area contributed by atoms with Gasteiger partial charge < -0.3 is 40.5 Å². The average molecular weight is 545 g/mol. The third-order valence-electron chi connectivity index (χ3n) is 8.08. The molecular weight excluding hydrogens is 508 g/mol. The number of fused-ring (bicyclic) bond motifs is 1. The summed E-state index contributed by atoms with van der Waals surface area (Å²) in [7, 11) is 1.63. The van der Waals surface area contributed by atoms with Crippen LogP contribution in [0.3, 0.4) is 0 Å². The minimum Gasteiger partial charge on any atom is -0.497 e. The molecule has 6 N–H and O–H groups in total. The zero-order valence-electron chi connectivity index (χ0n) is 20.7. The molecule has 1 aliphatic carbocycles. The summed E-state index contributed by atoms with van der Waals surface area (Å²) < 4.78 is 11.1. The largest absolute Gasteiger partial charge is 0.497 e. The van der Waals surface area contributed by atoms with Gasteiger partial charge in [0.2, 0.25) is 5.91 Å². The van der Waals surface area contributed by atoms with Crippen molar-refractivity contribution < 1.29 is 34.7 Å². The van der Waals surface area contributed by atoms with Crippen molar-refractivity contribution in [2.24, 2.45) is 5.92 Å². The standard InChI is InChI=1S/C25H37ClN2O7S/c1-12(26)17(21-19(30)18(29)20(31)24(35-21)36-3)28-23(32)22-25(33)9-8-14(10-15(25)11-27-22)13-4-6-16(34-2)7-5-13/h4-7,12,14-15,17-22,24,27,29-31,33H,8-11H2,1-3H3,(H,28,32). The summed E-state index contributed by atoms with van der Waals surface area (Å²) in [6.45, 7) is 2.16. The van der Waals surface area contributed by atoms with Gasteiger partial charge in [-0.15, -0.1) is 23.4 Å². The summed E-state index contributed by atoms with van der Waals surface area (Å²) in [6.07, 6.45) is -1.52. The Balaban J connectivity index is 1.45. The molecule has 11 atom stereocenters. The highest BCUT2D eigenvalue weighted by atomic mass is 35.5. The molecule has 0 spiro atoms. The molecular formula is C25H37ClN2O7S. The molecule has 2 heterocycles. The monoisotopic (exact) mass is 544 g/mol. The van der Waals surface area contributed by atoms with Gasteiger partial charge in [-0.3, -0.25) is 4.79 Å². The molecule has 4 rings (SSSR count). The van der Waals surface area contributed by atoms with Crippen LogP contribution in [-0.4, -0.2) is 99.2 Å². The van der Waals surface area contributed by atoms with E-state index in [1.54, 1.807) is 20.3 Å². The van der Waals surface area contributed by atoms with Crippen molar-refractivity contribution in [2.45, 2.75) is 85.0 Å². The van der Waals surface area contributed by atoms with Crippen LogP contribution >= 0.6 is 23.4 Å². The number of rotatable bonds is 7. The van der Waals surface area contributed by atoms with Crippen LogP contribution < -0.4 is 15.4 Å². The number of hydrogen-bond acceptors (Lipinski definition) is 9. The lowest BCUT2D eigenvalue weighted by molar-refractivity contribution is -0.205. The highest BCUT2D eigenvalue weighted by molar-refractivity contribution is 7.99. The Hall–Kier alpha value is -1.11. The number of halogens is 1. The summed E-state index contributed by atoms with van der Waals surface area (Å²) >= 11 is 7.59.